The first-order chi connectivity index (χ1) is 7.27. The van der Waals surface area contributed by atoms with Gasteiger partial charge in [0, 0.05) is 6.54 Å². The molecule has 0 saturated carbocycles. The van der Waals surface area contributed by atoms with Crippen LogP contribution < -0.4 is 10.1 Å². The molecular formula is C12H15NO2. The summed E-state index contributed by atoms with van der Waals surface area (Å²) in [5, 5.41) is 2.72. The van der Waals surface area contributed by atoms with Crippen LogP contribution in [0.5, 0.6) is 5.75 Å². The van der Waals surface area contributed by atoms with E-state index in [0.29, 0.717) is 6.54 Å². The Morgan fingerprint density at radius 2 is 2.27 bits per heavy atom. The Hall–Kier alpha value is -1.77. The fourth-order valence-corrected chi connectivity index (χ4v) is 1.30. The van der Waals surface area contributed by atoms with E-state index in [0.717, 1.165) is 17.7 Å². The van der Waals surface area contributed by atoms with Gasteiger partial charge >= 0.3 is 0 Å². The van der Waals surface area contributed by atoms with Crippen molar-refractivity contribution in [3.8, 4) is 5.75 Å². The monoisotopic (exact) mass is 205 g/mol. The maximum absolute atomic E-state index is 10.9. The van der Waals surface area contributed by atoms with Crippen molar-refractivity contribution in [3.05, 3.63) is 42.5 Å². The number of carbonyl (C=O) groups excluding carboxylic acids is 1. The molecule has 1 aromatic rings. The van der Waals surface area contributed by atoms with E-state index in [1.807, 2.05) is 24.3 Å². The maximum Gasteiger partial charge on any atom is 0.243 e. The number of carbonyl (C=O) groups is 1. The number of para-hydroxylation sites is 1. The van der Waals surface area contributed by atoms with Crippen molar-refractivity contribution in [1.29, 1.82) is 0 Å². The number of nitrogens with one attached hydrogen (secondary N) is 1. The van der Waals surface area contributed by atoms with Gasteiger partial charge in [0.2, 0.25) is 5.91 Å². The summed E-state index contributed by atoms with van der Waals surface area (Å²) in [6.07, 6.45) is 2.02. The number of amides is 1. The molecule has 0 spiro atoms. The number of rotatable bonds is 5. The Labute approximate surface area is 89.8 Å². The van der Waals surface area contributed by atoms with Gasteiger partial charge in [-0.15, -0.1) is 0 Å². The summed E-state index contributed by atoms with van der Waals surface area (Å²) < 4.78 is 5.20. The fourth-order valence-electron chi connectivity index (χ4n) is 1.30. The molecular weight excluding hydrogens is 190 g/mol. The molecule has 0 unspecified atom stereocenters. The number of benzene rings is 1. The summed E-state index contributed by atoms with van der Waals surface area (Å²) in [6, 6.07) is 7.77. The second-order valence-electron chi connectivity index (χ2n) is 3.06. The van der Waals surface area contributed by atoms with Gasteiger partial charge in [-0.2, -0.15) is 0 Å². The van der Waals surface area contributed by atoms with E-state index in [9.17, 15) is 4.79 Å². The summed E-state index contributed by atoms with van der Waals surface area (Å²) in [5.41, 5.74) is 1.09. The smallest absolute Gasteiger partial charge is 0.243 e. The van der Waals surface area contributed by atoms with E-state index in [4.69, 9.17) is 4.74 Å². The van der Waals surface area contributed by atoms with Gasteiger partial charge in [0.05, 0.1) is 7.11 Å². The molecule has 1 amide bonds. The molecule has 0 saturated heterocycles. The third-order valence-corrected chi connectivity index (χ3v) is 2.07. The zero-order chi connectivity index (χ0) is 11.1. The number of hydrogen-bond donors (Lipinski definition) is 1. The SMILES string of the molecule is C=CC(=O)NCCc1ccccc1OC. The van der Waals surface area contributed by atoms with Crippen molar-refractivity contribution in [3.63, 3.8) is 0 Å². The first kappa shape index (κ1) is 11.3. The van der Waals surface area contributed by atoms with Gasteiger partial charge in [0.25, 0.3) is 0 Å². The van der Waals surface area contributed by atoms with Gasteiger partial charge in [-0.1, -0.05) is 24.8 Å². The first-order valence-corrected chi connectivity index (χ1v) is 4.80. The van der Waals surface area contributed by atoms with E-state index in [1.165, 1.54) is 6.08 Å². The van der Waals surface area contributed by atoms with Crippen LogP contribution in [-0.2, 0) is 11.2 Å². The van der Waals surface area contributed by atoms with Gasteiger partial charge in [-0.05, 0) is 24.1 Å². The maximum atomic E-state index is 10.9. The highest BCUT2D eigenvalue weighted by Crippen LogP contribution is 2.16. The van der Waals surface area contributed by atoms with Gasteiger partial charge in [-0.3, -0.25) is 4.79 Å². The Balaban J connectivity index is 2.49. The molecule has 1 aromatic carbocycles. The van der Waals surface area contributed by atoms with Crippen LogP contribution in [0.2, 0.25) is 0 Å². The van der Waals surface area contributed by atoms with Gasteiger partial charge in [-0.25, -0.2) is 0 Å². The van der Waals surface area contributed by atoms with E-state index in [-0.39, 0.29) is 5.91 Å². The van der Waals surface area contributed by atoms with Gasteiger partial charge in [0.1, 0.15) is 5.75 Å². The molecule has 0 aromatic heterocycles. The van der Waals surface area contributed by atoms with E-state index >= 15 is 0 Å². The van der Waals surface area contributed by atoms with Crippen molar-refractivity contribution in [1.82, 2.24) is 5.32 Å². The number of hydrogen-bond acceptors (Lipinski definition) is 2. The largest absolute Gasteiger partial charge is 0.496 e. The molecule has 0 radical (unpaired) electrons. The molecule has 3 nitrogen and oxygen atoms in total. The third-order valence-electron chi connectivity index (χ3n) is 2.07. The highest BCUT2D eigenvalue weighted by atomic mass is 16.5. The summed E-state index contributed by atoms with van der Waals surface area (Å²) >= 11 is 0. The van der Waals surface area contributed by atoms with Crippen LogP contribution in [0.4, 0.5) is 0 Å². The van der Waals surface area contributed by atoms with Gasteiger partial charge < -0.3 is 10.1 Å². The van der Waals surface area contributed by atoms with E-state index in [2.05, 4.69) is 11.9 Å². The highest BCUT2D eigenvalue weighted by molar-refractivity contribution is 5.86. The zero-order valence-electron chi connectivity index (χ0n) is 8.82. The molecule has 0 aliphatic heterocycles. The standard InChI is InChI=1S/C12H15NO2/c1-3-12(14)13-9-8-10-6-4-5-7-11(10)15-2/h3-7H,1,8-9H2,2H3,(H,13,14). The normalized spacial score (nSPS) is 9.40. The summed E-state index contributed by atoms with van der Waals surface area (Å²) in [5.74, 6) is 0.704. The zero-order valence-corrected chi connectivity index (χ0v) is 8.82. The lowest BCUT2D eigenvalue weighted by molar-refractivity contribution is -0.116. The van der Waals surface area contributed by atoms with Crippen LogP contribution in [-0.4, -0.2) is 19.6 Å². The summed E-state index contributed by atoms with van der Waals surface area (Å²) in [4.78, 5) is 10.9. The molecule has 0 bridgehead atoms. The molecule has 0 heterocycles. The van der Waals surface area contributed by atoms with Gasteiger partial charge in [0.15, 0.2) is 0 Å². The minimum absolute atomic E-state index is 0.148. The van der Waals surface area contributed by atoms with Crippen LogP contribution in [0.1, 0.15) is 5.56 Å². The predicted octanol–water partition coefficient (Wildman–Crippen LogP) is 1.54. The minimum atomic E-state index is -0.148. The lowest BCUT2D eigenvalue weighted by Crippen LogP contribution is -2.23. The Kier molecular flexibility index (Phi) is 4.41. The molecule has 0 aliphatic rings. The molecule has 0 atom stereocenters. The Morgan fingerprint density at radius 3 is 2.93 bits per heavy atom. The average molecular weight is 205 g/mol. The molecule has 1 rings (SSSR count). The second kappa shape index (κ2) is 5.86. The predicted molar refractivity (Wildman–Crippen MR) is 59.9 cm³/mol. The molecule has 1 N–H and O–H groups in total. The average Bonchev–Trinajstić information content (AvgIpc) is 2.29. The number of ether oxygens (including phenoxy) is 1. The lowest BCUT2D eigenvalue weighted by atomic mass is 10.1. The molecule has 3 heteroatoms. The summed E-state index contributed by atoms with van der Waals surface area (Å²) in [7, 11) is 1.64. The lowest BCUT2D eigenvalue weighted by Gasteiger charge is -2.07. The van der Waals surface area contributed by atoms with Crippen molar-refractivity contribution in [2.45, 2.75) is 6.42 Å². The van der Waals surface area contributed by atoms with Crippen molar-refractivity contribution < 1.29 is 9.53 Å². The Morgan fingerprint density at radius 1 is 1.53 bits per heavy atom. The van der Waals surface area contributed by atoms with E-state index < -0.39 is 0 Å². The first-order valence-electron chi connectivity index (χ1n) is 4.80. The van der Waals surface area contributed by atoms with E-state index in [1.54, 1.807) is 7.11 Å². The third kappa shape index (κ3) is 3.46. The second-order valence-corrected chi connectivity index (χ2v) is 3.06. The fraction of sp³-hybridized carbons (Fsp3) is 0.250. The van der Waals surface area contributed by atoms with Crippen LogP contribution >= 0.6 is 0 Å². The van der Waals surface area contributed by atoms with Crippen LogP contribution in [0, 0.1) is 0 Å². The van der Waals surface area contributed by atoms with Crippen LogP contribution in [0.25, 0.3) is 0 Å². The van der Waals surface area contributed by atoms with Crippen molar-refractivity contribution in [2.24, 2.45) is 0 Å². The molecule has 0 aliphatic carbocycles. The molecule has 15 heavy (non-hydrogen) atoms. The highest BCUT2D eigenvalue weighted by Gasteiger charge is 2.01. The van der Waals surface area contributed by atoms with Crippen LogP contribution in [0.15, 0.2) is 36.9 Å². The van der Waals surface area contributed by atoms with Crippen LogP contribution in [0.3, 0.4) is 0 Å². The molecule has 80 valence electrons. The minimum Gasteiger partial charge on any atom is -0.496 e. The quantitative estimate of drug-likeness (QED) is 0.740. The van der Waals surface area contributed by atoms with Crippen molar-refractivity contribution in [2.75, 3.05) is 13.7 Å². The van der Waals surface area contributed by atoms with Crippen molar-refractivity contribution >= 4 is 5.91 Å². The number of methoxy groups -OCH3 is 1. The Bertz CT molecular complexity index is 347. The topological polar surface area (TPSA) is 38.3 Å². The summed E-state index contributed by atoms with van der Waals surface area (Å²) in [6.45, 7) is 3.97. The molecule has 0 fully saturated rings.